The third-order valence-electron chi connectivity index (χ3n) is 4.90. The van der Waals surface area contributed by atoms with Gasteiger partial charge in [-0.05, 0) is 35.9 Å². The first kappa shape index (κ1) is 22.1. The maximum atomic E-state index is 13.9. The van der Waals surface area contributed by atoms with E-state index in [1.165, 1.54) is 6.07 Å². The van der Waals surface area contributed by atoms with E-state index in [9.17, 15) is 27.7 Å². The Bertz CT molecular complexity index is 1510. The predicted octanol–water partition coefficient (Wildman–Crippen LogP) is 3.86. The van der Waals surface area contributed by atoms with Gasteiger partial charge in [-0.2, -0.15) is 0 Å². The van der Waals surface area contributed by atoms with Gasteiger partial charge >= 0.3 is 0 Å². The van der Waals surface area contributed by atoms with Crippen molar-refractivity contribution in [3.05, 3.63) is 93.5 Å². The number of H-pyrrole nitrogens is 1. The van der Waals surface area contributed by atoms with Gasteiger partial charge in [0.2, 0.25) is 0 Å². The molecule has 0 saturated carbocycles. The summed E-state index contributed by atoms with van der Waals surface area (Å²) < 4.78 is 37.6. The van der Waals surface area contributed by atoms with Crippen LogP contribution in [0.2, 0.25) is 0 Å². The topological polar surface area (TPSA) is 135 Å². The summed E-state index contributed by atoms with van der Waals surface area (Å²) in [7, 11) is -3.77. The molecule has 1 amide bonds. The minimum Gasteiger partial charge on any atom is -0.342 e. The molecule has 0 radical (unpaired) electrons. The number of benzene rings is 3. The molecule has 0 aliphatic carbocycles. The number of aromatic nitrogens is 2. The van der Waals surface area contributed by atoms with Crippen molar-refractivity contribution in [3.63, 3.8) is 0 Å². The van der Waals surface area contributed by atoms with Gasteiger partial charge in [-0.25, -0.2) is 17.8 Å². The van der Waals surface area contributed by atoms with Crippen LogP contribution in [0.5, 0.6) is 0 Å². The number of non-ortho nitro benzene ring substituents is 1. The third-order valence-corrected chi connectivity index (χ3v) is 5.99. The van der Waals surface area contributed by atoms with E-state index < -0.39 is 26.4 Å². The number of amides is 1. The minimum absolute atomic E-state index is 0.172. The van der Waals surface area contributed by atoms with E-state index in [0.29, 0.717) is 28.1 Å². The first-order valence-corrected chi connectivity index (χ1v) is 11.5. The molecule has 0 saturated heterocycles. The second-order valence-corrected chi connectivity index (χ2v) is 9.40. The summed E-state index contributed by atoms with van der Waals surface area (Å²) in [6.07, 6.45) is 1.16. The Kier molecular flexibility index (Phi) is 5.64. The zero-order chi connectivity index (χ0) is 23.8. The van der Waals surface area contributed by atoms with Crippen LogP contribution in [0, 0.1) is 15.9 Å². The van der Waals surface area contributed by atoms with E-state index in [4.69, 9.17) is 0 Å². The smallest absolute Gasteiger partial charge is 0.271 e. The lowest BCUT2D eigenvalue weighted by Gasteiger charge is -2.07. The molecule has 0 bridgehead atoms. The summed E-state index contributed by atoms with van der Waals surface area (Å²) in [5.41, 5.74) is 1.36. The van der Waals surface area contributed by atoms with Crippen molar-refractivity contribution >= 4 is 38.2 Å². The number of imidazole rings is 1. The molecule has 0 unspecified atom stereocenters. The van der Waals surface area contributed by atoms with Gasteiger partial charge in [0.05, 0.1) is 20.9 Å². The number of fused-ring (bicyclic) bond motifs is 1. The Balaban J connectivity index is 1.60. The lowest BCUT2D eigenvalue weighted by atomic mass is 10.1. The normalized spacial score (nSPS) is 11.5. The molecule has 0 atom stereocenters. The van der Waals surface area contributed by atoms with Crippen molar-refractivity contribution in [2.75, 3.05) is 11.6 Å². The van der Waals surface area contributed by atoms with E-state index >= 15 is 0 Å². The Hall–Kier alpha value is -4.12. The average molecular weight is 468 g/mol. The first-order chi connectivity index (χ1) is 15.6. The van der Waals surface area contributed by atoms with Gasteiger partial charge in [-0.1, -0.05) is 18.2 Å². The van der Waals surface area contributed by atoms with Crippen LogP contribution in [-0.2, 0) is 16.3 Å². The predicted molar refractivity (Wildman–Crippen MR) is 119 cm³/mol. The van der Waals surface area contributed by atoms with E-state index in [1.54, 1.807) is 36.4 Å². The number of rotatable bonds is 6. The molecule has 1 heterocycles. The van der Waals surface area contributed by atoms with Crippen molar-refractivity contribution in [1.29, 1.82) is 0 Å². The maximum Gasteiger partial charge on any atom is 0.271 e. The fraction of sp³-hybridized carbons (Fsp3) is 0.0909. The van der Waals surface area contributed by atoms with Crippen molar-refractivity contribution in [1.82, 2.24) is 9.97 Å². The summed E-state index contributed by atoms with van der Waals surface area (Å²) in [5, 5.41) is 13.8. The lowest BCUT2D eigenvalue weighted by Crippen LogP contribution is -2.13. The van der Waals surface area contributed by atoms with Gasteiger partial charge < -0.3 is 10.3 Å². The number of aromatic amines is 1. The van der Waals surface area contributed by atoms with Crippen molar-refractivity contribution in [2.45, 2.75) is 11.3 Å². The van der Waals surface area contributed by atoms with Gasteiger partial charge in [0.25, 0.3) is 11.6 Å². The van der Waals surface area contributed by atoms with Crippen molar-refractivity contribution in [2.24, 2.45) is 0 Å². The molecule has 0 spiro atoms. The molecular weight excluding hydrogens is 451 g/mol. The standard InChI is InChI=1S/C22H17FN4O5S/c1-33(31,32)17-9-14(8-16(12-17)27(29)30)22(28)24-15-6-7-19-20(11-15)26-21(25-19)10-13-4-2-3-5-18(13)23/h2-9,11-12H,10H2,1H3,(H,24,28)(H,25,26). The highest BCUT2D eigenvalue weighted by molar-refractivity contribution is 7.90. The van der Waals surface area contributed by atoms with Crippen LogP contribution in [0.15, 0.2) is 65.6 Å². The van der Waals surface area contributed by atoms with Gasteiger partial charge in [-0.3, -0.25) is 14.9 Å². The molecule has 33 heavy (non-hydrogen) atoms. The quantitative estimate of drug-likeness (QED) is 0.326. The minimum atomic E-state index is -3.77. The lowest BCUT2D eigenvalue weighted by molar-refractivity contribution is -0.385. The van der Waals surface area contributed by atoms with Gasteiger partial charge in [0.1, 0.15) is 11.6 Å². The highest BCUT2D eigenvalue weighted by atomic mass is 32.2. The fourth-order valence-electron chi connectivity index (χ4n) is 3.28. The number of nitro benzene ring substituents is 1. The number of nitrogens with one attached hydrogen (secondary N) is 2. The number of carbonyl (C=O) groups is 1. The highest BCUT2D eigenvalue weighted by Crippen LogP contribution is 2.23. The number of nitro groups is 1. The summed E-state index contributed by atoms with van der Waals surface area (Å²) in [5.74, 6) is -0.513. The summed E-state index contributed by atoms with van der Waals surface area (Å²) in [4.78, 5) is 30.3. The van der Waals surface area contributed by atoms with E-state index in [1.807, 2.05) is 0 Å². The monoisotopic (exact) mass is 468 g/mol. The molecule has 3 aromatic carbocycles. The van der Waals surface area contributed by atoms with Crippen LogP contribution in [0.1, 0.15) is 21.7 Å². The van der Waals surface area contributed by atoms with Crippen LogP contribution in [-0.4, -0.2) is 35.5 Å². The Labute approximate surface area is 187 Å². The second kappa shape index (κ2) is 8.43. The van der Waals surface area contributed by atoms with E-state index in [2.05, 4.69) is 15.3 Å². The molecule has 2 N–H and O–H groups in total. The molecule has 0 fully saturated rings. The van der Waals surface area contributed by atoms with Gasteiger partial charge in [0.15, 0.2) is 9.84 Å². The number of carbonyl (C=O) groups excluding carboxylic acids is 1. The van der Waals surface area contributed by atoms with Crippen LogP contribution < -0.4 is 5.32 Å². The van der Waals surface area contributed by atoms with Crippen LogP contribution in [0.4, 0.5) is 15.8 Å². The molecule has 4 aromatic rings. The Morgan fingerprint density at radius 3 is 2.61 bits per heavy atom. The molecule has 0 aliphatic heterocycles. The SMILES string of the molecule is CS(=O)(=O)c1cc(C(=O)Nc2ccc3nc(Cc4ccccc4F)[nH]c3c2)cc([N+](=O)[O-])c1. The number of nitrogens with zero attached hydrogens (tertiary/aromatic N) is 2. The molecule has 4 rings (SSSR count). The summed E-state index contributed by atoms with van der Waals surface area (Å²) in [6.45, 7) is 0. The number of hydrogen-bond acceptors (Lipinski definition) is 6. The fourth-order valence-corrected chi connectivity index (χ4v) is 3.96. The van der Waals surface area contributed by atoms with E-state index in [-0.39, 0.29) is 22.7 Å². The Morgan fingerprint density at radius 1 is 1.15 bits per heavy atom. The zero-order valence-corrected chi connectivity index (χ0v) is 18.0. The maximum absolute atomic E-state index is 13.9. The number of halogens is 1. The van der Waals surface area contributed by atoms with Crippen LogP contribution in [0.25, 0.3) is 11.0 Å². The molecular formula is C22H17FN4O5S. The first-order valence-electron chi connectivity index (χ1n) is 9.63. The van der Waals surface area contributed by atoms with Crippen LogP contribution >= 0.6 is 0 Å². The number of anilines is 1. The number of hydrogen-bond donors (Lipinski definition) is 2. The molecule has 1 aromatic heterocycles. The summed E-state index contributed by atoms with van der Waals surface area (Å²) >= 11 is 0. The summed E-state index contributed by atoms with van der Waals surface area (Å²) in [6, 6.07) is 14.2. The second-order valence-electron chi connectivity index (χ2n) is 7.38. The largest absolute Gasteiger partial charge is 0.342 e. The molecule has 168 valence electrons. The van der Waals surface area contributed by atoms with Crippen molar-refractivity contribution < 1.29 is 22.5 Å². The average Bonchev–Trinajstić information content (AvgIpc) is 3.16. The molecule has 9 nitrogen and oxygen atoms in total. The highest BCUT2D eigenvalue weighted by Gasteiger charge is 2.19. The third kappa shape index (κ3) is 4.88. The van der Waals surface area contributed by atoms with Crippen molar-refractivity contribution in [3.8, 4) is 0 Å². The molecule has 0 aliphatic rings. The van der Waals surface area contributed by atoms with E-state index in [0.717, 1.165) is 24.5 Å². The Morgan fingerprint density at radius 2 is 1.91 bits per heavy atom. The van der Waals surface area contributed by atoms with Gasteiger partial charge in [-0.15, -0.1) is 0 Å². The van der Waals surface area contributed by atoms with Gasteiger partial charge in [0, 0.05) is 36.1 Å². The van der Waals surface area contributed by atoms with Crippen LogP contribution in [0.3, 0.4) is 0 Å². The number of sulfone groups is 1. The zero-order valence-electron chi connectivity index (χ0n) is 17.2. The molecule has 11 heteroatoms.